The molecular weight excluding hydrogens is 521 g/mol. The van der Waals surface area contributed by atoms with E-state index in [9.17, 15) is 24.6 Å². The zero-order chi connectivity index (χ0) is 25.4. The van der Waals surface area contributed by atoms with Crippen molar-refractivity contribution in [3.05, 3.63) is 97.8 Å². The fraction of sp³-hybridized carbons (Fsp3) is 0.120. The van der Waals surface area contributed by atoms with Gasteiger partial charge >= 0.3 is 0 Å². The van der Waals surface area contributed by atoms with Gasteiger partial charge in [-0.05, 0) is 48.4 Å². The van der Waals surface area contributed by atoms with Crippen LogP contribution in [0.5, 0.6) is 11.5 Å². The Bertz CT molecular complexity index is 1340. The molecule has 3 aromatic rings. The molecule has 35 heavy (non-hydrogen) atoms. The number of hydrogen-bond donors (Lipinski definition) is 1. The van der Waals surface area contributed by atoms with E-state index in [1.807, 2.05) is 6.07 Å². The maximum atomic E-state index is 13.9. The maximum Gasteiger partial charge on any atom is 0.269 e. The topological polar surface area (TPSA) is 114 Å². The van der Waals surface area contributed by atoms with Crippen molar-refractivity contribution in [2.75, 3.05) is 11.9 Å². The fourth-order valence-corrected chi connectivity index (χ4v) is 3.46. The molecule has 0 heterocycles. The summed E-state index contributed by atoms with van der Waals surface area (Å²) in [6.07, 6.45) is 1.34. The highest BCUT2D eigenvalue weighted by Crippen LogP contribution is 2.35. The third-order valence-corrected chi connectivity index (χ3v) is 5.35. The second kappa shape index (κ2) is 11.8. The van der Waals surface area contributed by atoms with Gasteiger partial charge in [-0.25, -0.2) is 4.39 Å². The van der Waals surface area contributed by atoms with Crippen LogP contribution in [0.1, 0.15) is 18.1 Å². The molecule has 0 aliphatic rings. The number of carbonyl (C=O) groups excluding carboxylic acids is 1. The summed E-state index contributed by atoms with van der Waals surface area (Å²) < 4.78 is 25.8. The molecule has 0 aromatic heterocycles. The van der Waals surface area contributed by atoms with Crippen LogP contribution >= 0.6 is 15.9 Å². The van der Waals surface area contributed by atoms with Crippen molar-refractivity contribution >= 4 is 39.3 Å². The van der Waals surface area contributed by atoms with Crippen molar-refractivity contribution in [1.29, 1.82) is 5.26 Å². The van der Waals surface area contributed by atoms with Gasteiger partial charge in [0.25, 0.3) is 11.6 Å². The van der Waals surface area contributed by atoms with Crippen molar-refractivity contribution in [1.82, 2.24) is 0 Å². The van der Waals surface area contributed by atoms with E-state index in [-0.39, 0.29) is 23.6 Å². The molecule has 3 aromatic carbocycles. The zero-order valence-electron chi connectivity index (χ0n) is 18.5. The van der Waals surface area contributed by atoms with E-state index >= 15 is 0 Å². The van der Waals surface area contributed by atoms with E-state index in [4.69, 9.17) is 9.47 Å². The lowest BCUT2D eigenvalue weighted by Crippen LogP contribution is -2.14. The van der Waals surface area contributed by atoms with Gasteiger partial charge in [0.05, 0.1) is 17.2 Å². The minimum atomic E-state index is -0.770. The van der Waals surface area contributed by atoms with Crippen molar-refractivity contribution in [2.45, 2.75) is 13.5 Å². The van der Waals surface area contributed by atoms with Crippen molar-refractivity contribution in [2.24, 2.45) is 0 Å². The second-order valence-corrected chi connectivity index (χ2v) is 7.93. The molecule has 8 nitrogen and oxygen atoms in total. The quantitative estimate of drug-likeness (QED) is 0.154. The summed E-state index contributed by atoms with van der Waals surface area (Å²) in [4.78, 5) is 23.0. The van der Waals surface area contributed by atoms with E-state index in [1.54, 1.807) is 37.3 Å². The molecule has 0 saturated carbocycles. The van der Waals surface area contributed by atoms with Crippen LogP contribution in [0.2, 0.25) is 0 Å². The van der Waals surface area contributed by atoms with Crippen LogP contribution < -0.4 is 14.8 Å². The molecule has 0 aliphatic heterocycles. The van der Waals surface area contributed by atoms with Gasteiger partial charge in [-0.3, -0.25) is 14.9 Å². The molecule has 178 valence electrons. The third-order valence-electron chi connectivity index (χ3n) is 4.67. The predicted octanol–water partition coefficient (Wildman–Crippen LogP) is 6.02. The van der Waals surface area contributed by atoms with E-state index in [0.29, 0.717) is 33.7 Å². The summed E-state index contributed by atoms with van der Waals surface area (Å²) in [5, 5.41) is 22.9. The number of carbonyl (C=O) groups is 1. The van der Waals surface area contributed by atoms with Gasteiger partial charge < -0.3 is 14.8 Å². The Labute approximate surface area is 208 Å². The monoisotopic (exact) mass is 539 g/mol. The Morgan fingerprint density at radius 1 is 1.17 bits per heavy atom. The normalized spacial score (nSPS) is 10.9. The number of benzene rings is 3. The first-order valence-electron chi connectivity index (χ1n) is 10.3. The minimum absolute atomic E-state index is 0.0439. The van der Waals surface area contributed by atoms with Gasteiger partial charge in [-0.2, -0.15) is 5.26 Å². The van der Waals surface area contributed by atoms with Gasteiger partial charge in [0.1, 0.15) is 24.1 Å². The number of nitro benzene ring substituents is 1. The van der Waals surface area contributed by atoms with E-state index in [0.717, 1.165) is 0 Å². The van der Waals surface area contributed by atoms with Crippen molar-refractivity contribution in [3.8, 4) is 17.6 Å². The number of nitrogens with one attached hydrogen (secondary N) is 1. The molecule has 0 fully saturated rings. The minimum Gasteiger partial charge on any atom is -0.490 e. The van der Waals surface area contributed by atoms with Gasteiger partial charge in [-0.1, -0.05) is 40.2 Å². The van der Waals surface area contributed by atoms with Crippen LogP contribution in [0.3, 0.4) is 0 Å². The molecule has 0 atom stereocenters. The number of nitriles is 1. The number of amides is 1. The standard InChI is InChI=1S/C25H19BrFN3O5/c1-2-34-23-12-17(11-18(14-28)25(31)29-22-9-4-3-8-21(22)27)20(26)13-24(23)35-15-16-6-5-7-19(10-16)30(32)33/h3-13H,2,15H2,1H3,(H,29,31)/b18-11-. The molecule has 0 unspecified atom stereocenters. The second-order valence-electron chi connectivity index (χ2n) is 7.07. The van der Waals surface area contributed by atoms with Crippen LogP contribution in [0.4, 0.5) is 15.8 Å². The average molecular weight is 540 g/mol. The van der Waals surface area contributed by atoms with Crippen LogP contribution in [-0.2, 0) is 11.4 Å². The summed E-state index contributed by atoms with van der Waals surface area (Å²) in [5.74, 6) is -0.687. The fourth-order valence-electron chi connectivity index (χ4n) is 3.02. The predicted molar refractivity (Wildman–Crippen MR) is 131 cm³/mol. The molecule has 1 amide bonds. The lowest BCUT2D eigenvalue weighted by atomic mass is 10.1. The largest absolute Gasteiger partial charge is 0.490 e. The highest BCUT2D eigenvalue weighted by atomic mass is 79.9. The first-order valence-corrected chi connectivity index (χ1v) is 11.1. The first kappa shape index (κ1) is 25.4. The van der Waals surface area contributed by atoms with Crippen LogP contribution in [0.15, 0.2) is 70.7 Å². The molecular formula is C25H19BrFN3O5. The molecule has 0 saturated heterocycles. The number of halogens is 2. The van der Waals surface area contributed by atoms with Crippen molar-refractivity contribution < 1.29 is 23.6 Å². The van der Waals surface area contributed by atoms with Gasteiger partial charge in [0, 0.05) is 16.6 Å². The van der Waals surface area contributed by atoms with Gasteiger partial charge in [-0.15, -0.1) is 0 Å². The Morgan fingerprint density at radius 3 is 2.60 bits per heavy atom. The van der Waals surface area contributed by atoms with Crippen LogP contribution in [0, 0.1) is 27.3 Å². The number of hydrogen-bond acceptors (Lipinski definition) is 6. The van der Waals surface area contributed by atoms with Gasteiger partial charge in [0.15, 0.2) is 11.5 Å². The lowest BCUT2D eigenvalue weighted by Gasteiger charge is -2.14. The summed E-state index contributed by atoms with van der Waals surface area (Å²) >= 11 is 3.40. The third kappa shape index (κ3) is 6.65. The zero-order valence-corrected chi connectivity index (χ0v) is 20.0. The Morgan fingerprint density at radius 2 is 1.91 bits per heavy atom. The van der Waals surface area contributed by atoms with E-state index in [2.05, 4.69) is 21.2 Å². The molecule has 10 heteroatoms. The number of anilines is 1. The summed E-state index contributed by atoms with van der Waals surface area (Å²) in [7, 11) is 0. The number of rotatable bonds is 9. The molecule has 1 N–H and O–H groups in total. The smallest absolute Gasteiger partial charge is 0.269 e. The number of para-hydroxylation sites is 1. The number of nitrogens with zero attached hydrogens (tertiary/aromatic N) is 2. The Balaban J connectivity index is 1.86. The highest BCUT2D eigenvalue weighted by Gasteiger charge is 2.16. The van der Waals surface area contributed by atoms with Gasteiger partial charge in [0.2, 0.25) is 0 Å². The van der Waals surface area contributed by atoms with Crippen molar-refractivity contribution in [3.63, 3.8) is 0 Å². The van der Waals surface area contributed by atoms with Crippen LogP contribution in [0.25, 0.3) is 6.08 Å². The summed E-state index contributed by atoms with van der Waals surface area (Å²) in [6, 6.07) is 16.7. The lowest BCUT2D eigenvalue weighted by molar-refractivity contribution is -0.384. The Hall–Kier alpha value is -4.23. The first-order chi connectivity index (χ1) is 16.8. The summed E-state index contributed by atoms with van der Waals surface area (Å²) in [6.45, 7) is 2.15. The molecule has 0 aliphatic carbocycles. The highest BCUT2D eigenvalue weighted by molar-refractivity contribution is 9.10. The molecule has 3 rings (SSSR count). The maximum absolute atomic E-state index is 13.9. The molecule has 0 radical (unpaired) electrons. The average Bonchev–Trinajstić information content (AvgIpc) is 2.84. The number of nitro groups is 1. The number of non-ortho nitro benzene ring substituents is 1. The van der Waals surface area contributed by atoms with E-state index in [1.165, 1.54) is 36.4 Å². The van der Waals surface area contributed by atoms with E-state index < -0.39 is 16.6 Å². The molecule has 0 spiro atoms. The Kier molecular flexibility index (Phi) is 8.53. The summed E-state index contributed by atoms with van der Waals surface area (Å²) in [5.41, 5.74) is 0.712. The SMILES string of the molecule is CCOc1cc(/C=C(/C#N)C(=O)Nc2ccccc2F)c(Br)cc1OCc1cccc([N+](=O)[O-])c1. The van der Waals surface area contributed by atoms with Crippen LogP contribution in [-0.4, -0.2) is 17.4 Å². The number of ether oxygens (including phenoxy) is 2. The molecule has 0 bridgehead atoms.